The molecule has 1 amide bonds. The van der Waals surface area contributed by atoms with Gasteiger partial charge in [0.1, 0.15) is 0 Å². The van der Waals surface area contributed by atoms with E-state index in [0.717, 1.165) is 41.2 Å². The van der Waals surface area contributed by atoms with Crippen molar-refractivity contribution < 1.29 is 4.79 Å². The molecule has 0 radical (unpaired) electrons. The van der Waals surface area contributed by atoms with Crippen LogP contribution in [0.25, 0.3) is 22.5 Å². The molecular formula is C23H25N3O. The summed E-state index contributed by atoms with van der Waals surface area (Å²) in [4.78, 5) is 14.8. The highest BCUT2D eigenvalue weighted by Gasteiger charge is 2.26. The summed E-state index contributed by atoms with van der Waals surface area (Å²) in [5.41, 5.74) is 4.74. The maximum absolute atomic E-state index is 12.8. The number of likely N-dealkylation sites (tertiary alicyclic amines) is 1. The van der Waals surface area contributed by atoms with Crippen molar-refractivity contribution in [2.45, 2.75) is 20.3 Å². The first-order valence-electron chi connectivity index (χ1n) is 9.60. The predicted molar refractivity (Wildman–Crippen MR) is 108 cm³/mol. The SMILES string of the molecule is C[C@@H]1C[C@@H](C)CN(C(=O)c2ccc(-c3cc(-c4ccccc4)n[nH]3)cc2)C1. The lowest BCUT2D eigenvalue weighted by atomic mass is 9.91. The van der Waals surface area contributed by atoms with Crippen molar-refractivity contribution in [1.29, 1.82) is 0 Å². The molecule has 2 atom stereocenters. The fourth-order valence-electron chi connectivity index (χ4n) is 4.03. The number of aromatic amines is 1. The molecule has 1 fully saturated rings. The highest BCUT2D eigenvalue weighted by Crippen LogP contribution is 2.25. The predicted octanol–water partition coefficient (Wildman–Crippen LogP) is 4.86. The first kappa shape index (κ1) is 17.5. The second-order valence-electron chi connectivity index (χ2n) is 7.77. The zero-order valence-electron chi connectivity index (χ0n) is 15.9. The minimum Gasteiger partial charge on any atom is -0.338 e. The number of carbonyl (C=O) groups excluding carboxylic acids is 1. The van der Waals surface area contributed by atoms with Gasteiger partial charge in [-0.2, -0.15) is 5.10 Å². The number of carbonyl (C=O) groups is 1. The molecule has 27 heavy (non-hydrogen) atoms. The summed E-state index contributed by atoms with van der Waals surface area (Å²) in [6.07, 6.45) is 1.20. The summed E-state index contributed by atoms with van der Waals surface area (Å²) in [7, 11) is 0. The summed E-state index contributed by atoms with van der Waals surface area (Å²) in [5, 5.41) is 7.51. The van der Waals surface area contributed by atoms with Crippen LogP contribution in [-0.2, 0) is 0 Å². The van der Waals surface area contributed by atoms with Crippen LogP contribution in [0.5, 0.6) is 0 Å². The third kappa shape index (κ3) is 3.80. The third-order valence-electron chi connectivity index (χ3n) is 5.25. The average Bonchev–Trinajstić information content (AvgIpc) is 3.18. The van der Waals surface area contributed by atoms with Crippen molar-refractivity contribution in [3.05, 3.63) is 66.2 Å². The van der Waals surface area contributed by atoms with Gasteiger partial charge in [0.2, 0.25) is 0 Å². The molecule has 1 aromatic heterocycles. The number of rotatable bonds is 3. The Labute approximate surface area is 160 Å². The van der Waals surface area contributed by atoms with Gasteiger partial charge in [-0.3, -0.25) is 9.89 Å². The quantitative estimate of drug-likeness (QED) is 0.726. The van der Waals surface area contributed by atoms with Gasteiger partial charge in [-0.15, -0.1) is 0 Å². The zero-order valence-corrected chi connectivity index (χ0v) is 15.9. The maximum atomic E-state index is 12.8. The monoisotopic (exact) mass is 359 g/mol. The Kier molecular flexibility index (Phi) is 4.80. The van der Waals surface area contributed by atoms with Gasteiger partial charge in [-0.25, -0.2) is 0 Å². The van der Waals surface area contributed by atoms with Crippen LogP contribution in [0.3, 0.4) is 0 Å². The van der Waals surface area contributed by atoms with E-state index in [2.05, 4.69) is 24.0 Å². The molecule has 4 rings (SSSR count). The molecule has 0 aliphatic carbocycles. The molecule has 0 spiro atoms. The number of hydrogen-bond donors (Lipinski definition) is 1. The Balaban J connectivity index is 1.51. The first-order valence-corrected chi connectivity index (χ1v) is 9.60. The average molecular weight is 359 g/mol. The number of piperidine rings is 1. The van der Waals surface area contributed by atoms with Gasteiger partial charge in [-0.05, 0) is 42.0 Å². The van der Waals surface area contributed by atoms with Crippen molar-refractivity contribution in [3.8, 4) is 22.5 Å². The number of hydrogen-bond acceptors (Lipinski definition) is 2. The third-order valence-corrected chi connectivity index (χ3v) is 5.25. The van der Waals surface area contributed by atoms with Crippen LogP contribution in [0.2, 0.25) is 0 Å². The lowest BCUT2D eigenvalue weighted by Gasteiger charge is -2.35. The Bertz CT molecular complexity index is 904. The van der Waals surface area contributed by atoms with Gasteiger partial charge in [0.05, 0.1) is 11.4 Å². The molecule has 1 aliphatic heterocycles. The van der Waals surface area contributed by atoms with Gasteiger partial charge in [-0.1, -0.05) is 56.3 Å². The van der Waals surface area contributed by atoms with E-state index in [0.29, 0.717) is 11.8 Å². The van der Waals surface area contributed by atoms with E-state index >= 15 is 0 Å². The summed E-state index contributed by atoms with van der Waals surface area (Å²) in [6, 6.07) is 20.0. The normalized spacial score (nSPS) is 19.9. The van der Waals surface area contributed by atoms with Gasteiger partial charge in [0, 0.05) is 24.2 Å². The van der Waals surface area contributed by atoms with E-state index in [4.69, 9.17) is 0 Å². The van der Waals surface area contributed by atoms with Crippen LogP contribution in [-0.4, -0.2) is 34.1 Å². The number of nitrogens with one attached hydrogen (secondary N) is 1. The Hall–Kier alpha value is -2.88. The molecule has 0 bridgehead atoms. The molecule has 1 saturated heterocycles. The fraction of sp³-hybridized carbons (Fsp3) is 0.304. The van der Waals surface area contributed by atoms with E-state index in [1.165, 1.54) is 6.42 Å². The standard InChI is InChI=1S/C23H25N3O/c1-16-12-17(2)15-26(14-16)23(27)20-10-8-19(9-11-20)22-13-21(24-25-22)18-6-4-3-5-7-18/h3-11,13,16-17H,12,14-15H2,1-2H3,(H,24,25)/t16-,17-/m1/s1. The van der Waals surface area contributed by atoms with Gasteiger partial charge in [0.15, 0.2) is 0 Å². The van der Waals surface area contributed by atoms with E-state index in [1.807, 2.05) is 65.6 Å². The van der Waals surface area contributed by atoms with Crippen LogP contribution in [0.15, 0.2) is 60.7 Å². The Morgan fingerprint density at radius 2 is 1.63 bits per heavy atom. The van der Waals surface area contributed by atoms with E-state index in [-0.39, 0.29) is 5.91 Å². The van der Waals surface area contributed by atoms with Crippen molar-refractivity contribution in [2.75, 3.05) is 13.1 Å². The lowest BCUT2D eigenvalue weighted by molar-refractivity contribution is 0.0623. The van der Waals surface area contributed by atoms with Gasteiger partial charge < -0.3 is 4.90 Å². The first-order chi connectivity index (χ1) is 13.1. The molecule has 138 valence electrons. The fourth-order valence-corrected chi connectivity index (χ4v) is 4.03. The minimum absolute atomic E-state index is 0.134. The van der Waals surface area contributed by atoms with Gasteiger partial charge >= 0.3 is 0 Å². The van der Waals surface area contributed by atoms with Crippen molar-refractivity contribution >= 4 is 5.91 Å². The molecule has 0 saturated carbocycles. The number of nitrogens with zero attached hydrogens (tertiary/aromatic N) is 2. The summed E-state index contributed by atoms with van der Waals surface area (Å²) >= 11 is 0. The van der Waals surface area contributed by atoms with Crippen LogP contribution >= 0.6 is 0 Å². The topological polar surface area (TPSA) is 49.0 Å². The lowest BCUT2D eigenvalue weighted by Crippen LogP contribution is -2.42. The summed E-state index contributed by atoms with van der Waals surface area (Å²) in [6.45, 7) is 6.15. The maximum Gasteiger partial charge on any atom is 0.253 e. The molecule has 4 nitrogen and oxygen atoms in total. The number of aromatic nitrogens is 2. The number of amides is 1. The number of benzene rings is 2. The Morgan fingerprint density at radius 3 is 2.30 bits per heavy atom. The molecular weight excluding hydrogens is 334 g/mol. The smallest absolute Gasteiger partial charge is 0.253 e. The van der Waals surface area contributed by atoms with Crippen LogP contribution in [0.1, 0.15) is 30.6 Å². The summed E-state index contributed by atoms with van der Waals surface area (Å²) in [5.74, 6) is 1.27. The highest BCUT2D eigenvalue weighted by atomic mass is 16.2. The van der Waals surface area contributed by atoms with Crippen LogP contribution in [0.4, 0.5) is 0 Å². The molecule has 1 N–H and O–H groups in total. The molecule has 3 aromatic rings. The molecule has 0 unspecified atom stereocenters. The van der Waals surface area contributed by atoms with Crippen LogP contribution < -0.4 is 0 Å². The van der Waals surface area contributed by atoms with E-state index in [1.54, 1.807) is 0 Å². The second-order valence-corrected chi connectivity index (χ2v) is 7.77. The van der Waals surface area contributed by atoms with Gasteiger partial charge in [0.25, 0.3) is 5.91 Å². The van der Waals surface area contributed by atoms with E-state index < -0.39 is 0 Å². The van der Waals surface area contributed by atoms with E-state index in [9.17, 15) is 4.79 Å². The molecule has 4 heteroatoms. The van der Waals surface area contributed by atoms with Crippen molar-refractivity contribution in [2.24, 2.45) is 11.8 Å². The van der Waals surface area contributed by atoms with Crippen molar-refractivity contribution in [3.63, 3.8) is 0 Å². The van der Waals surface area contributed by atoms with Crippen molar-refractivity contribution in [1.82, 2.24) is 15.1 Å². The summed E-state index contributed by atoms with van der Waals surface area (Å²) < 4.78 is 0. The second kappa shape index (κ2) is 7.39. The zero-order chi connectivity index (χ0) is 18.8. The Morgan fingerprint density at radius 1 is 0.963 bits per heavy atom. The molecule has 2 aromatic carbocycles. The molecule has 1 aliphatic rings. The largest absolute Gasteiger partial charge is 0.338 e. The minimum atomic E-state index is 0.134. The van der Waals surface area contributed by atoms with Crippen LogP contribution in [0, 0.1) is 11.8 Å². The molecule has 2 heterocycles. The highest BCUT2D eigenvalue weighted by molar-refractivity contribution is 5.94. The number of H-pyrrole nitrogens is 1.